The molecule has 26 heavy (non-hydrogen) atoms. The SMILES string of the molecule is C=CC(=O)OCC(CC)(COC=O)COC(=O)CCn1ccnc1CC. The zero-order valence-corrected chi connectivity index (χ0v) is 15.3. The monoisotopic (exact) mass is 366 g/mol. The molecule has 1 heterocycles. The number of carbonyl (C=O) groups excluding carboxylic acids is 3. The largest absolute Gasteiger partial charge is 0.467 e. The molecular formula is C18H26N2O6. The number of nitrogens with zero attached hydrogens (tertiary/aromatic N) is 2. The quantitative estimate of drug-likeness (QED) is 0.227. The maximum Gasteiger partial charge on any atom is 0.330 e. The molecule has 8 heteroatoms. The summed E-state index contributed by atoms with van der Waals surface area (Å²) in [4.78, 5) is 38.1. The van der Waals surface area contributed by atoms with Gasteiger partial charge in [-0.2, -0.15) is 0 Å². The number of aromatic nitrogens is 2. The van der Waals surface area contributed by atoms with Gasteiger partial charge in [0, 0.05) is 31.4 Å². The van der Waals surface area contributed by atoms with E-state index in [4.69, 9.17) is 14.2 Å². The van der Waals surface area contributed by atoms with Gasteiger partial charge in [0.15, 0.2) is 0 Å². The van der Waals surface area contributed by atoms with Crippen LogP contribution < -0.4 is 0 Å². The fourth-order valence-corrected chi connectivity index (χ4v) is 2.30. The van der Waals surface area contributed by atoms with Crippen molar-refractivity contribution in [3.8, 4) is 0 Å². The Kier molecular flexibility index (Phi) is 9.11. The molecule has 0 spiro atoms. The summed E-state index contributed by atoms with van der Waals surface area (Å²) in [5.41, 5.74) is -0.793. The Hall–Kier alpha value is -2.64. The van der Waals surface area contributed by atoms with Crippen LogP contribution in [0.15, 0.2) is 25.0 Å². The first-order valence-electron chi connectivity index (χ1n) is 8.50. The Morgan fingerprint density at radius 3 is 2.62 bits per heavy atom. The van der Waals surface area contributed by atoms with Gasteiger partial charge in [-0.25, -0.2) is 9.78 Å². The van der Waals surface area contributed by atoms with E-state index in [0.29, 0.717) is 19.4 Å². The van der Waals surface area contributed by atoms with Crippen molar-refractivity contribution in [2.24, 2.45) is 5.41 Å². The van der Waals surface area contributed by atoms with Gasteiger partial charge in [-0.05, 0) is 6.42 Å². The van der Waals surface area contributed by atoms with Gasteiger partial charge in [0.25, 0.3) is 6.47 Å². The minimum Gasteiger partial charge on any atom is -0.467 e. The molecule has 0 N–H and O–H groups in total. The molecular weight excluding hydrogens is 340 g/mol. The summed E-state index contributed by atoms with van der Waals surface area (Å²) in [5.74, 6) is -0.0800. The van der Waals surface area contributed by atoms with E-state index in [2.05, 4.69) is 11.6 Å². The van der Waals surface area contributed by atoms with E-state index in [1.165, 1.54) is 0 Å². The third-order valence-corrected chi connectivity index (χ3v) is 4.11. The number of esters is 2. The van der Waals surface area contributed by atoms with Gasteiger partial charge in [-0.1, -0.05) is 20.4 Å². The lowest BCUT2D eigenvalue weighted by atomic mass is 9.88. The van der Waals surface area contributed by atoms with E-state index in [-0.39, 0.29) is 32.2 Å². The molecule has 0 saturated heterocycles. The molecule has 1 rings (SSSR count). The number of carbonyl (C=O) groups is 3. The standard InChI is InChI=1S/C18H26N2O6/c1-4-15-19-8-10-20(15)9-7-17(23)26-13-18(6-3,11-24-14-21)12-25-16(22)5-2/h5,8,10,14H,2,4,6-7,9,11-13H2,1,3H3. The third-order valence-electron chi connectivity index (χ3n) is 4.11. The maximum atomic E-state index is 12.1. The van der Waals surface area contributed by atoms with Crippen LogP contribution in [-0.2, 0) is 41.6 Å². The topological polar surface area (TPSA) is 96.7 Å². The van der Waals surface area contributed by atoms with E-state index >= 15 is 0 Å². The molecule has 0 aliphatic heterocycles. The summed E-state index contributed by atoms with van der Waals surface area (Å²) in [5, 5.41) is 0. The fraction of sp³-hybridized carbons (Fsp3) is 0.556. The molecule has 0 radical (unpaired) electrons. The molecule has 8 nitrogen and oxygen atoms in total. The van der Waals surface area contributed by atoms with E-state index in [1.807, 2.05) is 24.6 Å². The smallest absolute Gasteiger partial charge is 0.330 e. The van der Waals surface area contributed by atoms with Gasteiger partial charge in [-0.15, -0.1) is 0 Å². The predicted octanol–water partition coefficient (Wildman–Crippen LogP) is 1.68. The number of imidazole rings is 1. The minimum atomic E-state index is -0.793. The maximum absolute atomic E-state index is 12.1. The van der Waals surface area contributed by atoms with E-state index < -0.39 is 11.4 Å². The fourth-order valence-electron chi connectivity index (χ4n) is 2.30. The Bertz CT molecular complexity index is 613. The van der Waals surface area contributed by atoms with Crippen molar-refractivity contribution < 1.29 is 28.6 Å². The van der Waals surface area contributed by atoms with Crippen LogP contribution in [0.1, 0.15) is 32.5 Å². The van der Waals surface area contributed by atoms with Crippen LogP contribution >= 0.6 is 0 Å². The second-order valence-electron chi connectivity index (χ2n) is 5.87. The number of ether oxygens (including phenoxy) is 3. The zero-order chi connectivity index (χ0) is 19.4. The van der Waals surface area contributed by atoms with Crippen LogP contribution in [0.25, 0.3) is 0 Å². The van der Waals surface area contributed by atoms with Crippen molar-refractivity contribution in [1.29, 1.82) is 0 Å². The zero-order valence-electron chi connectivity index (χ0n) is 15.3. The summed E-state index contributed by atoms with van der Waals surface area (Å²) in [6.45, 7) is 7.85. The van der Waals surface area contributed by atoms with Gasteiger partial charge >= 0.3 is 11.9 Å². The molecule has 0 bridgehead atoms. The molecule has 144 valence electrons. The van der Waals surface area contributed by atoms with Gasteiger partial charge in [-0.3, -0.25) is 9.59 Å². The molecule has 1 unspecified atom stereocenters. The Labute approximate surface area is 153 Å². The highest BCUT2D eigenvalue weighted by molar-refractivity contribution is 5.81. The van der Waals surface area contributed by atoms with E-state index in [1.54, 1.807) is 6.20 Å². The summed E-state index contributed by atoms with van der Waals surface area (Å²) >= 11 is 0. The van der Waals surface area contributed by atoms with Crippen molar-refractivity contribution in [1.82, 2.24) is 9.55 Å². The van der Waals surface area contributed by atoms with Gasteiger partial charge < -0.3 is 18.8 Å². The Balaban J connectivity index is 2.59. The molecule has 0 aromatic carbocycles. The highest BCUT2D eigenvalue weighted by Crippen LogP contribution is 2.24. The number of hydrogen-bond acceptors (Lipinski definition) is 7. The lowest BCUT2D eigenvalue weighted by molar-refractivity contribution is -0.156. The van der Waals surface area contributed by atoms with Crippen LogP contribution in [-0.4, -0.2) is 47.8 Å². The third kappa shape index (κ3) is 6.70. The summed E-state index contributed by atoms with van der Waals surface area (Å²) in [7, 11) is 0. The average Bonchev–Trinajstić information content (AvgIpc) is 3.13. The summed E-state index contributed by atoms with van der Waals surface area (Å²) in [6.07, 6.45) is 6.00. The van der Waals surface area contributed by atoms with Crippen LogP contribution in [0.2, 0.25) is 0 Å². The Morgan fingerprint density at radius 2 is 2.00 bits per heavy atom. The lowest BCUT2D eigenvalue weighted by Gasteiger charge is -2.30. The molecule has 0 aliphatic carbocycles. The van der Waals surface area contributed by atoms with Crippen molar-refractivity contribution in [3.63, 3.8) is 0 Å². The highest BCUT2D eigenvalue weighted by atomic mass is 16.6. The van der Waals surface area contributed by atoms with Crippen molar-refractivity contribution >= 4 is 18.4 Å². The summed E-state index contributed by atoms with van der Waals surface area (Å²) in [6, 6.07) is 0. The van der Waals surface area contributed by atoms with E-state index in [0.717, 1.165) is 18.3 Å². The first-order valence-corrected chi connectivity index (χ1v) is 8.50. The molecule has 1 atom stereocenters. The summed E-state index contributed by atoms with van der Waals surface area (Å²) < 4.78 is 17.2. The van der Waals surface area contributed by atoms with Crippen molar-refractivity contribution in [2.45, 2.75) is 39.7 Å². The predicted molar refractivity (Wildman–Crippen MR) is 93.1 cm³/mol. The van der Waals surface area contributed by atoms with Gasteiger partial charge in [0.05, 0.1) is 11.8 Å². The van der Waals surface area contributed by atoms with Crippen molar-refractivity contribution in [2.75, 3.05) is 19.8 Å². The van der Waals surface area contributed by atoms with Crippen molar-refractivity contribution in [3.05, 3.63) is 30.9 Å². The van der Waals surface area contributed by atoms with Crippen LogP contribution in [0, 0.1) is 5.41 Å². The molecule has 0 amide bonds. The van der Waals surface area contributed by atoms with Gasteiger partial charge in [0.1, 0.15) is 25.6 Å². The molecule has 0 saturated carbocycles. The highest BCUT2D eigenvalue weighted by Gasteiger charge is 2.33. The Morgan fingerprint density at radius 1 is 1.27 bits per heavy atom. The second-order valence-corrected chi connectivity index (χ2v) is 5.87. The number of aryl methyl sites for hydroxylation is 2. The first kappa shape index (κ1) is 21.4. The molecule has 1 aromatic heterocycles. The lowest BCUT2D eigenvalue weighted by Crippen LogP contribution is -2.38. The molecule has 0 fully saturated rings. The van der Waals surface area contributed by atoms with E-state index in [9.17, 15) is 14.4 Å². The average molecular weight is 366 g/mol. The minimum absolute atomic E-state index is 0.0216. The molecule has 0 aliphatic rings. The molecule has 1 aromatic rings. The van der Waals surface area contributed by atoms with Crippen LogP contribution in [0.3, 0.4) is 0 Å². The second kappa shape index (κ2) is 11.1. The number of rotatable bonds is 13. The van der Waals surface area contributed by atoms with Gasteiger partial charge in [0.2, 0.25) is 0 Å². The van der Waals surface area contributed by atoms with Crippen LogP contribution in [0.5, 0.6) is 0 Å². The number of hydrogen-bond donors (Lipinski definition) is 0. The normalized spacial score (nSPS) is 12.7. The first-order chi connectivity index (χ1) is 12.5. The van der Waals surface area contributed by atoms with Crippen LogP contribution in [0.4, 0.5) is 0 Å².